The van der Waals surface area contributed by atoms with Crippen molar-refractivity contribution in [2.75, 3.05) is 5.73 Å². The molecule has 0 saturated carbocycles. The molecule has 1 aromatic rings. The van der Waals surface area contributed by atoms with Crippen molar-refractivity contribution in [3.05, 3.63) is 12.0 Å². The van der Waals surface area contributed by atoms with E-state index in [1.807, 2.05) is 0 Å². The van der Waals surface area contributed by atoms with Crippen molar-refractivity contribution in [3.63, 3.8) is 0 Å². The van der Waals surface area contributed by atoms with E-state index >= 15 is 0 Å². The van der Waals surface area contributed by atoms with Gasteiger partial charge in [0, 0.05) is 0 Å². The van der Waals surface area contributed by atoms with Gasteiger partial charge in [-0.05, 0) is 5.92 Å². The van der Waals surface area contributed by atoms with Gasteiger partial charge < -0.3 is 10.7 Å². The Morgan fingerprint density at radius 3 is 2.56 bits per heavy atom. The minimum atomic E-state index is 0.437. The molecular formula is C6H11N3. The molecule has 0 aliphatic rings. The second-order valence-electron chi connectivity index (χ2n) is 2.36. The number of nitrogens with two attached hydrogens (primary N) is 1. The molecule has 0 radical (unpaired) electrons. The number of nitrogens with one attached hydrogen (secondary N) is 1. The maximum absolute atomic E-state index is 5.50. The molecule has 0 bridgehead atoms. The highest BCUT2D eigenvalue weighted by molar-refractivity contribution is 5.35. The fourth-order valence-corrected chi connectivity index (χ4v) is 0.777. The van der Waals surface area contributed by atoms with Crippen molar-refractivity contribution in [1.82, 2.24) is 9.97 Å². The Morgan fingerprint density at radius 2 is 2.33 bits per heavy atom. The lowest BCUT2D eigenvalue weighted by Gasteiger charge is -1.99. The lowest BCUT2D eigenvalue weighted by molar-refractivity contribution is 0.836. The van der Waals surface area contributed by atoms with Crippen molar-refractivity contribution in [3.8, 4) is 0 Å². The topological polar surface area (TPSA) is 54.7 Å². The summed E-state index contributed by atoms with van der Waals surface area (Å²) in [6, 6.07) is 0. The molecule has 0 saturated heterocycles. The molecule has 1 heterocycles. The summed E-state index contributed by atoms with van der Waals surface area (Å²) in [5.41, 5.74) is 6.52. The molecule has 0 unspecified atom stereocenters. The highest BCUT2D eigenvalue weighted by atomic mass is 15.0. The van der Waals surface area contributed by atoms with E-state index in [0.717, 1.165) is 5.69 Å². The van der Waals surface area contributed by atoms with Crippen LogP contribution in [0.25, 0.3) is 0 Å². The predicted molar refractivity (Wildman–Crippen MR) is 37.1 cm³/mol. The highest BCUT2D eigenvalue weighted by Gasteiger charge is 2.03. The number of nitrogen functional groups attached to an aromatic ring is 1. The molecule has 0 spiro atoms. The van der Waals surface area contributed by atoms with Crippen LogP contribution in [0.3, 0.4) is 0 Å². The zero-order valence-electron chi connectivity index (χ0n) is 5.68. The van der Waals surface area contributed by atoms with Crippen LogP contribution in [0.15, 0.2) is 6.33 Å². The van der Waals surface area contributed by atoms with Crippen LogP contribution < -0.4 is 5.73 Å². The summed E-state index contributed by atoms with van der Waals surface area (Å²) < 4.78 is 0. The molecule has 0 fully saturated rings. The summed E-state index contributed by atoms with van der Waals surface area (Å²) in [6.07, 6.45) is 1.62. The predicted octanol–water partition coefficient (Wildman–Crippen LogP) is 1.12. The SMILES string of the molecule is CC(C)c1[nH]cnc1N. The Kier molecular flexibility index (Phi) is 1.42. The van der Waals surface area contributed by atoms with Crippen LogP contribution >= 0.6 is 0 Å². The van der Waals surface area contributed by atoms with Crippen molar-refractivity contribution in [2.24, 2.45) is 0 Å². The Morgan fingerprint density at radius 1 is 1.67 bits per heavy atom. The minimum absolute atomic E-state index is 0.437. The lowest BCUT2D eigenvalue weighted by atomic mass is 10.1. The van der Waals surface area contributed by atoms with Gasteiger partial charge in [-0.25, -0.2) is 4.98 Å². The fourth-order valence-electron chi connectivity index (χ4n) is 0.777. The zero-order valence-corrected chi connectivity index (χ0v) is 5.68. The summed E-state index contributed by atoms with van der Waals surface area (Å²) in [5.74, 6) is 1.05. The average Bonchev–Trinajstić information content (AvgIpc) is 2.13. The van der Waals surface area contributed by atoms with Gasteiger partial charge in [-0.3, -0.25) is 0 Å². The van der Waals surface area contributed by atoms with Crippen molar-refractivity contribution in [1.29, 1.82) is 0 Å². The van der Waals surface area contributed by atoms with E-state index in [1.54, 1.807) is 6.33 Å². The quantitative estimate of drug-likeness (QED) is 0.590. The van der Waals surface area contributed by atoms with Crippen LogP contribution in [0.1, 0.15) is 25.5 Å². The Bertz CT molecular complexity index is 190. The van der Waals surface area contributed by atoms with Crippen LogP contribution in [0.5, 0.6) is 0 Å². The van der Waals surface area contributed by atoms with E-state index in [-0.39, 0.29) is 0 Å². The van der Waals surface area contributed by atoms with Gasteiger partial charge in [0.15, 0.2) is 0 Å². The molecule has 0 amide bonds. The van der Waals surface area contributed by atoms with Gasteiger partial charge >= 0.3 is 0 Å². The maximum atomic E-state index is 5.50. The summed E-state index contributed by atoms with van der Waals surface area (Å²) in [4.78, 5) is 6.83. The summed E-state index contributed by atoms with van der Waals surface area (Å²) in [6.45, 7) is 4.15. The highest BCUT2D eigenvalue weighted by Crippen LogP contribution is 2.15. The smallest absolute Gasteiger partial charge is 0.144 e. The van der Waals surface area contributed by atoms with E-state index in [0.29, 0.717) is 11.7 Å². The third-order valence-electron chi connectivity index (χ3n) is 1.28. The van der Waals surface area contributed by atoms with Crippen molar-refractivity contribution < 1.29 is 0 Å². The van der Waals surface area contributed by atoms with Crippen molar-refractivity contribution >= 4 is 5.82 Å². The summed E-state index contributed by atoms with van der Waals surface area (Å²) in [7, 11) is 0. The average molecular weight is 125 g/mol. The lowest BCUT2D eigenvalue weighted by Crippen LogP contribution is -1.94. The number of aromatic amines is 1. The Hall–Kier alpha value is -0.990. The molecule has 1 rings (SSSR count). The number of imidazole rings is 1. The maximum Gasteiger partial charge on any atom is 0.144 e. The number of H-pyrrole nitrogens is 1. The number of aromatic nitrogens is 2. The molecule has 3 heteroatoms. The van der Waals surface area contributed by atoms with Crippen LogP contribution in [0.2, 0.25) is 0 Å². The number of nitrogens with zero attached hydrogens (tertiary/aromatic N) is 1. The van der Waals surface area contributed by atoms with Crippen LogP contribution in [0.4, 0.5) is 5.82 Å². The summed E-state index contributed by atoms with van der Waals surface area (Å²) in [5, 5.41) is 0. The van der Waals surface area contributed by atoms with Crippen LogP contribution in [-0.2, 0) is 0 Å². The molecule has 0 aliphatic heterocycles. The standard InChI is InChI=1S/C6H11N3/c1-4(2)5-6(7)9-3-8-5/h3-4H,7H2,1-2H3,(H,8,9). The zero-order chi connectivity index (χ0) is 6.85. The van der Waals surface area contributed by atoms with E-state index < -0.39 is 0 Å². The monoisotopic (exact) mass is 125 g/mol. The first-order valence-corrected chi connectivity index (χ1v) is 3.00. The van der Waals surface area contributed by atoms with E-state index in [2.05, 4.69) is 23.8 Å². The molecule has 0 aliphatic carbocycles. The summed E-state index contributed by atoms with van der Waals surface area (Å²) >= 11 is 0. The van der Waals surface area contributed by atoms with Gasteiger partial charge in [-0.2, -0.15) is 0 Å². The largest absolute Gasteiger partial charge is 0.382 e. The molecular weight excluding hydrogens is 114 g/mol. The minimum Gasteiger partial charge on any atom is -0.382 e. The fraction of sp³-hybridized carbons (Fsp3) is 0.500. The Balaban J connectivity index is 2.94. The molecule has 0 aromatic carbocycles. The number of hydrogen-bond donors (Lipinski definition) is 2. The first-order chi connectivity index (χ1) is 4.22. The second kappa shape index (κ2) is 2.09. The normalized spacial score (nSPS) is 10.6. The van der Waals surface area contributed by atoms with Gasteiger partial charge in [0.25, 0.3) is 0 Å². The van der Waals surface area contributed by atoms with Crippen LogP contribution in [-0.4, -0.2) is 9.97 Å². The van der Waals surface area contributed by atoms with E-state index in [9.17, 15) is 0 Å². The third kappa shape index (κ3) is 1.04. The molecule has 50 valence electrons. The van der Waals surface area contributed by atoms with Gasteiger partial charge in [0.1, 0.15) is 5.82 Å². The number of anilines is 1. The van der Waals surface area contributed by atoms with Crippen LogP contribution in [0, 0.1) is 0 Å². The van der Waals surface area contributed by atoms with E-state index in [4.69, 9.17) is 5.73 Å². The molecule has 1 aromatic heterocycles. The van der Waals surface area contributed by atoms with Gasteiger partial charge in [-0.1, -0.05) is 13.8 Å². The van der Waals surface area contributed by atoms with Gasteiger partial charge in [-0.15, -0.1) is 0 Å². The third-order valence-corrected chi connectivity index (χ3v) is 1.28. The first-order valence-electron chi connectivity index (χ1n) is 3.00. The second-order valence-corrected chi connectivity index (χ2v) is 2.36. The molecule has 0 atom stereocenters. The van der Waals surface area contributed by atoms with Crippen molar-refractivity contribution in [2.45, 2.75) is 19.8 Å². The van der Waals surface area contributed by atoms with E-state index in [1.165, 1.54) is 0 Å². The molecule has 9 heavy (non-hydrogen) atoms. The number of hydrogen-bond acceptors (Lipinski definition) is 2. The molecule has 3 nitrogen and oxygen atoms in total. The first kappa shape index (κ1) is 6.13. The Labute approximate surface area is 54.3 Å². The van der Waals surface area contributed by atoms with Gasteiger partial charge in [0.05, 0.1) is 12.0 Å². The number of rotatable bonds is 1. The van der Waals surface area contributed by atoms with Gasteiger partial charge in [0.2, 0.25) is 0 Å². The molecule has 3 N–H and O–H groups in total.